The van der Waals surface area contributed by atoms with Gasteiger partial charge in [-0.05, 0) is 65.7 Å². The second-order valence-electron chi connectivity index (χ2n) is 14.0. The first-order chi connectivity index (χ1) is 27.8. The monoisotopic (exact) mass is 714 g/mol. The Hall–Kier alpha value is -7.84. The SMILES string of the molecule is c1cnc2c(c1)cc(-c1c(-c3nccc4c3ccc3cccnc34)nc3c(ccc4cnccc43)c1-c1cc3cnccc3c3ncccc13)c1cnccc12. The third-order valence-corrected chi connectivity index (χ3v) is 11.1. The molecule has 12 aromatic rings. The van der Waals surface area contributed by atoms with Crippen molar-refractivity contribution in [2.45, 2.75) is 0 Å². The Kier molecular flexibility index (Phi) is 6.47. The minimum absolute atomic E-state index is 0.745. The Bertz CT molecular complexity index is 3620. The predicted molar refractivity (Wildman–Crippen MR) is 225 cm³/mol. The third-order valence-electron chi connectivity index (χ3n) is 11.1. The molecule has 0 N–H and O–H groups in total. The number of benzene rings is 4. The highest BCUT2D eigenvalue weighted by molar-refractivity contribution is 6.24. The lowest BCUT2D eigenvalue weighted by molar-refractivity contribution is 1.30. The molecule has 8 nitrogen and oxygen atoms in total. The molecule has 0 spiro atoms. The van der Waals surface area contributed by atoms with Crippen molar-refractivity contribution in [3.63, 3.8) is 0 Å². The first kappa shape index (κ1) is 30.6. The Labute approximate surface area is 318 Å². The average Bonchev–Trinajstić information content (AvgIpc) is 3.27. The first-order valence-corrected chi connectivity index (χ1v) is 18.4. The third kappa shape index (κ3) is 4.41. The molecule has 8 aromatic heterocycles. The van der Waals surface area contributed by atoms with E-state index in [1.165, 1.54) is 0 Å². The zero-order chi connectivity index (χ0) is 36.7. The van der Waals surface area contributed by atoms with Gasteiger partial charge in [0.05, 0.1) is 33.5 Å². The molecule has 0 saturated heterocycles. The van der Waals surface area contributed by atoms with Crippen molar-refractivity contribution >= 4 is 86.7 Å². The number of aromatic nitrogens is 8. The van der Waals surface area contributed by atoms with Crippen LogP contribution in [0.1, 0.15) is 0 Å². The van der Waals surface area contributed by atoms with Gasteiger partial charge in [0.2, 0.25) is 0 Å². The molecule has 0 radical (unpaired) electrons. The van der Waals surface area contributed by atoms with Crippen molar-refractivity contribution in [2.75, 3.05) is 0 Å². The maximum atomic E-state index is 5.72. The number of nitrogens with zero attached hydrogens (tertiary/aromatic N) is 8. The number of rotatable bonds is 3. The molecule has 0 saturated carbocycles. The first-order valence-electron chi connectivity index (χ1n) is 18.4. The molecule has 0 aliphatic carbocycles. The van der Waals surface area contributed by atoms with Gasteiger partial charge in [-0.2, -0.15) is 0 Å². The van der Waals surface area contributed by atoms with E-state index in [1.807, 2.05) is 92.3 Å². The van der Waals surface area contributed by atoms with E-state index in [0.29, 0.717) is 0 Å². The van der Waals surface area contributed by atoms with E-state index in [1.54, 1.807) is 0 Å². The molecule has 56 heavy (non-hydrogen) atoms. The molecule has 0 amide bonds. The lowest BCUT2D eigenvalue weighted by Gasteiger charge is -2.22. The van der Waals surface area contributed by atoms with Crippen molar-refractivity contribution in [1.29, 1.82) is 0 Å². The number of fused-ring (bicyclic) bond motifs is 12. The van der Waals surface area contributed by atoms with E-state index in [4.69, 9.17) is 29.9 Å². The van der Waals surface area contributed by atoms with E-state index >= 15 is 0 Å². The summed E-state index contributed by atoms with van der Waals surface area (Å²) < 4.78 is 0. The highest BCUT2D eigenvalue weighted by Crippen LogP contribution is 2.50. The molecule has 0 unspecified atom stereocenters. The summed E-state index contributed by atoms with van der Waals surface area (Å²) in [5.41, 5.74) is 9.02. The van der Waals surface area contributed by atoms with Crippen molar-refractivity contribution in [3.8, 4) is 33.6 Å². The molecule has 12 rings (SSSR count). The quantitative estimate of drug-likeness (QED) is 0.167. The van der Waals surface area contributed by atoms with Gasteiger partial charge >= 0.3 is 0 Å². The summed E-state index contributed by atoms with van der Waals surface area (Å²) in [7, 11) is 0. The van der Waals surface area contributed by atoms with Gasteiger partial charge < -0.3 is 0 Å². The van der Waals surface area contributed by atoms with Crippen LogP contribution in [0.3, 0.4) is 0 Å². The van der Waals surface area contributed by atoms with Gasteiger partial charge in [0.15, 0.2) is 0 Å². The lowest BCUT2D eigenvalue weighted by atomic mass is 9.84. The second-order valence-corrected chi connectivity index (χ2v) is 14.0. The minimum Gasteiger partial charge on any atom is -0.264 e. The Morgan fingerprint density at radius 1 is 0.304 bits per heavy atom. The smallest absolute Gasteiger partial charge is 0.0985 e. The van der Waals surface area contributed by atoms with Gasteiger partial charge in [0.25, 0.3) is 0 Å². The summed E-state index contributed by atoms with van der Waals surface area (Å²) >= 11 is 0. The zero-order valence-corrected chi connectivity index (χ0v) is 29.6. The minimum atomic E-state index is 0.745. The van der Waals surface area contributed by atoms with Crippen LogP contribution in [0.4, 0.5) is 0 Å². The van der Waals surface area contributed by atoms with Crippen LogP contribution >= 0.6 is 0 Å². The summed E-state index contributed by atoms with van der Waals surface area (Å²) in [5, 5.41) is 12.0. The predicted octanol–water partition coefficient (Wildman–Crippen LogP) is 11.1. The molecule has 258 valence electrons. The van der Waals surface area contributed by atoms with Crippen molar-refractivity contribution in [3.05, 3.63) is 159 Å². The Balaban J connectivity index is 1.37. The van der Waals surface area contributed by atoms with Crippen LogP contribution in [-0.4, -0.2) is 39.9 Å². The molecule has 0 aliphatic rings. The molecule has 0 atom stereocenters. The van der Waals surface area contributed by atoms with Crippen LogP contribution in [0.5, 0.6) is 0 Å². The number of pyridine rings is 8. The molecule has 8 heteroatoms. The van der Waals surface area contributed by atoms with Gasteiger partial charge in [0, 0.05) is 138 Å². The van der Waals surface area contributed by atoms with Crippen LogP contribution < -0.4 is 0 Å². The maximum Gasteiger partial charge on any atom is 0.0985 e. The standard InChI is InChI=1S/C48H26N8/c1-4-27-7-9-34-35(43(27)52-15-1)14-21-55-47(34)48-42(39-22-28-5-2-16-53-44(28)36-13-20-51-26-40(36)39)41(37-10-8-29-24-49-18-11-31(29)46(37)56-48)38-23-30-25-50-19-12-32(30)45-33(38)6-3-17-54-45/h1-26H. The van der Waals surface area contributed by atoms with E-state index in [2.05, 4.69) is 76.7 Å². The van der Waals surface area contributed by atoms with Gasteiger partial charge in [-0.1, -0.05) is 42.5 Å². The highest BCUT2D eigenvalue weighted by Gasteiger charge is 2.27. The fraction of sp³-hybridized carbons (Fsp3) is 0. The van der Waals surface area contributed by atoms with Crippen LogP contribution in [0, 0.1) is 0 Å². The largest absolute Gasteiger partial charge is 0.264 e. The summed E-state index contributed by atoms with van der Waals surface area (Å²) in [6.07, 6.45) is 18.7. The molecule has 4 aromatic carbocycles. The molecular formula is C48H26N8. The van der Waals surface area contributed by atoms with Gasteiger partial charge in [-0.25, -0.2) is 4.98 Å². The maximum absolute atomic E-state index is 5.72. The Morgan fingerprint density at radius 2 is 0.911 bits per heavy atom. The van der Waals surface area contributed by atoms with Crippen LogP contribution in [0.2, 0.25) is 0 Å². The van der Waals surface area contributed by atoms with Crippen LogP contribution in [-0.2, 0) is 0 Å². The summed E-state index contributed by atoms with van der Waals surface area (Å²) in [6, 6.07) is 33.6. The molecule has 8 heterocycles. The highest BCUT2D eigenvalue weighted by atomic mass is 14.8. The van der Waals surface area contributed by atoms with E-state index in [-0.39, 0.29) is 0 Å². The summed E-state index contributed by atoms with van der Waals surface area (Å²) in [4.78, 5) is 39.3. The topological polar surface area (TPSA) is 103 Å². The van der Waals surface area contributed by atoms with Crippen LogP contribution in [0.25, 0.3) is 120 Å². The average molecular weight is 715 g/mol. The lowest BCUT2D eigenvalue weighted by Crippen LogP contribution is -2.01. The zero-order valence-electron chi connectivity index (χ0n) is 29.6. The number of hydrogen-bond donors (Lipinski definition) is 0. The second kappa shape index (κ2) is 11.8. The van der Waals surface area contributed by atoms with Crippen molar-refractivity contribution < 1.29 is 0 Å². The van der Waals surface area contributed by atoms with Crippen molar-refractivity contribution in [2.24, 2.45) is 0 Å². The molecular weight excluding hydrogens is 689 g/mol. The van der Waals surface area contributed by atoms with Gasteiger partial charge in [-0.3, -0.25) is 34.9 Å². The number of hydrogen-bond acceptors (Lipinski definition) is 8. The van der Waals surface area contributed by atoms with Crippen molar-refractivity contribution in [1.82, 2.24) is 39.9 Å². The van der Waals surface area contributed by atoms with Gasteiger partial charge in [-0.15, -0.1) is 0 Å². The molecule has 0 aliphatic heterocycles. The fourth-order valence-electron chi connectivity index (χ4n) is 8.63. The molecule has 0 fully saturated rings. The normalized spacial score (nSPS) is 11.9. The van der Waals surface area contributed by atoms with Gasteiger partial charge in [0.1, 0.15) is 0 Å². The summed E-state index contributed by atoms with van der Waals surface area (Å²) in [6.45, 7) is 0. The Morgan fingerprint density at radius 3 is 1.77 bits per heavy atom. The van der Waals surface area contributed by atoms with E-state index in [9.17, 15) is 0 Å². The van der Waals surface area contributed by atoms with Crippen LogP contribution in [0.15, 0.2) is 159 Å². The molecule has 0 bridgehead atoms. The van der Waals surface area contributed by atoms with E-state index < -0.39 is 0 Å². The summed E-state index contributed by atoms with van der Waals surface area (Å²) in [5.74, 6) is 0. The fourth-order valence-corrected chi connectivity index (χ4v) is 8.63. The van der Waals surface area contributed by atoms with E-state index in [0.717, 1.165) is 120 Å².